The topological polar surface area (TPSA) is 103 Å². The minimum absolute atomic E-state index is 0.192. The van der Waals surface area contributed by atoms with Crippen molar-refractivity contribution < 1.29 is 19.1 Å². The minimum Gasteiger partial charge on any atom is -0.484 e. The summed E-state index contributed by atoms with van der Waals surface area (Å²) in [6.45, 7) is 3.62. The molecule has 0 bridgehead atoms. The Morgan fingerprint density at radius 2 is 1.96 bits per heavy atom. The predicted molar refractivity (Wildman–Crippen MR) is 92.1 cm³/mol. The fraction of sp³-hybridized carbons (Fsp3) is 0.312. The van der Waals surface area contributed by atoms with Gasteiger partial charge in [0.05, 0.1) is 18.2 Å². The zero-order chi connectivity index (χ0) is 17.7. The summed E-state index contributed by atoms with van der Waals surface area (Å²) in [5.41, 5.74) is 6.98. The van der Waals surface area contributed by atoms with Gasteiger partial charge in [-0.25, -0.2) is 4.79 Å². The van der Waals surface area contributed by atoms with E-state index in [1.54, 1.807) is 38.1 Å². The van der Waals surface area contributed by atoms with Gasteiger partial charge in [-0.2, -0.15) is 0 Å². The molecule has 1 atom stereocenters. The molecule has 0 fully saturated rings. The maximum Gasteiger partial charge on any atom is 0.338 e. The number of hydrogen-bond donors (Lipinski definition) is 3. The van der Waals surface area contributed by atoms with Gasteiger partial charge in [-0.1, -0.05) is 12.1 Å². The first-order valence-electron chi connectivity index (χ1n) is 7.38. The molecule has 7 nitrogen and oxygen atoms in total. The quantitative estimate of drug-likeness (QED) is 0.518. The molecule has 1 aromatic carbocycles. The molecular formula is C16H19N3O4S. The van der Waals surface area contributed by atoms with Crippen LogP contribution in [0.4, 0.5) is 0 Å². The van der Waals surface area contributed by atoms with Crippen LogP contribution in [0.15, 0.2) is 35.5 Å². The molecule has 24 heavy (non-hydrogen) atoms. The van der Waals surface area contributed by atoms with Gasteiger partial charge in [0.1, 0.15) is 5.75 Å². The normalized spacial score (nSPS) is 16.9. The first kappa shape index (κ1) is 17.7. The van der Waals surface area contributed by atoms with Crippen LogP contribution in [0.25, 0.3) is 0 Å². The molecular weight excluding hydrogens is 330 g/mol. The van der Waals surface area contributed by atoms with Gasteiger partial charge in [0.25, 0.3) is 5.91 Å². The zero-order valence-corrected chi connectivity index (χ0v) is 14.2. The van der Waals surface area contributed by atoms with Gasteiger partial charge in [-0.3, -0.25) is 4.79 Å². The van der Waals surface area contributed by atoms with E-state index >= 15 is 0 Å². The number of thiocarbonyl (C=S) groups is 1. The van der Waals surface area contributed by atoms with Crippen molar-refractivity contribution in [2.24, 2.45) is 5.73 Å². The molecule has 1 amide bonds. The Hall–Kier alpha value is -2.61. The number of benzene rings is 1. The number of rotatable bonds is 6. The first-order chi connectivity index (χ1) is 11.4. The number of nitrogens with two attached hydrogens (primary N) is 1. The Morgan fingerprint density at radius 1 is 1.29 bits per heavy atom. The van der Waals surface area contributed by atoms with Gasteiger partial charge in [0.2, 0.25) is 0 Å². The van der Waals surface area contributed by atoms with Crippen LogP contribution in [0.1, 0.15) is 25.5 Å². The summed E-state index contributed by atoms with van der Waals surface area (Å²) in [6.07, 6.45) is 0. The lowest BCUT2D eigenvalue weighted by molar-refractivity contribution is -0.139. The summed E-state index contributed by atoms with van der Waals surface area (Å²) in [7, 11) is 0. The van der Waals surface area contributed by atoms with E-state index in [4.69, 9.17) is 27.4 Å². The van der Waals surface area contributed by atoms with Crippen LogP contribution < -0.4 is 21.1 Å². The monoisotopic (exact) mass is 349 g/mol. The lowest BCUT2D eigenvalue weighted by Gasteiger charge is -2.29. The Morgan fingerprint density at radius 3 is 2.54 bits per heavy atom. The van der Waals surface area contributed by atoms with E-state index in [1.165, 1.54) is 0 Å². The molecule has 0 aliphatic carbocycles. The zero-order valence-electron chi connectivity index (χ0n) is 13.4. The van der Waals surface area contributed by atoms with Crippen LogP contribution in [-0.2, 0) is 14.3 Å². The van der Waals surface area contributed by atoms with Crippen molar-refractivity contribution in [3.05, 3.63) is 41.1 Å². The van der Waals surface area contributed by atoms with Crippen LogP contribution in [0.2, 0.25) is 0 Å². The van der Waals surface area contributed by atoms with E-state index in [9.17, 15) is 9.59 Å². The largest absolute Gasteiger partial charge is 0.484 e. The van der Waals surface area contributed by atoms with Crippen molar-refractivity contribution in [1.29, 1.82) is 0 Å². The molecule has 0 radical (unpaired) electrons. The average Bonchev–Trinajstić information content (AvgIpc) is 2.52. The van der Waals surface area contributed by atoms with Crippen LogP contribution in [0, 0.1) is 0 Å². The van der Waals surface area contributed by atoms with E-state index in [2.05, 4.69) is 10.6 Å². The molecule has 128 valence electrons. The van der Waals surface area contributed by atoms with Crippen LogP contribution in [0.3, 0.4) is 0 Å². The molecule has 1 aliphatic rings. The minimum atomic E-state index is -0.549. The molecule has 0 saturated heterocycles. The van der Waals surface area contributed by atoms with Gasteiger partial charge >= 0.3 is 5.97 Å². The number of carbonyl (C=O) groups is 2. The predicted octanol–water partition coefficient (Wildman–Crippen LogP) is 0.907. The van der Waals surface area contributed by atoms with E-state index in [-0.39, 0.29) is 13.2 Å². The van der Waals surface area contributed by atoms with Gasteiger partial charge in [-0.05, 0) is 43.8 Å². The molecule has 1 aliphatic heterocycles. The van der Waals surface area contributed by atoms with Gasteiger partial charge < -0.3 is 25.8 Å². The third-order valence-electron chi connectivity index (χ3n) is 3.36. The van der Waals surface area contributed by atoms with Crippen LogP contribution in [0.5, 0.6) is 5.75 Å². The molecule has 0 saturated carbocycles. The Labute approximate surface area is 145 Å². The number of ether oxygens (including phenoxy) is 2. The van der Waals surface area contributed by atoms with Crippen molar-refractivity contribution in [2.45, 2.75) is 19.9 Å². The number of hydrogen-bond acceptors (Lipinski definition) is 5. The highest BCUT2D eigenvalue weighted by Gasteiger charge is 2.30. The highest BCUT2D eigenvalue weighted by molar-refractivity contribution is 7.80. The average molecular weight is 349 g/mol. The third kappa shape index (κ3) is 4.23. The van der Waals surface area contributed by atoms with Crippen molar-refractivity contribution in [3.63, 3.8) is 0 Å². The molecule has 8 heteroatoms. The number of nitrogens with one attached hydrogen (secondary N) is 2. The Bertz CT molecular complexity index is 685. The van der Waals surface area contributed by atoms with Crippen molar-refractivity contribution >= 4 is 29.2 Å². The Balaban J connectivity index is 2.26. The highest BCUT2D eigenvalue weighted by Crippen LogP contribution is 2.28. The van der Waals surface area contributed by atoms with Crippen molar-refractivity contribution in [3.8, 4) is 5.75 Å². The number of primary amides is 1. The second-order valence-corrected chi connectivity index (χ2v) is 5.52. The molecule has 0 spiro atoms. The van der Waals surface area contributed by atoms with Gasteiger partial charge in [0.15, 0.2) is 11.7 Å². The summed E-state index contributed by atoms with van der Waals surface area (Å²) < 4.78 is 10.4. The number of carbonyl (C=O) groups excluding carboxylic acids is 2. The third-order valence-corrected chi connectivity index (χ3v) is 3.58. The number of allylic oxidation sites excluding steroid dienone is 1. The molecule has 0 aromatic heterocycles. The fourth-order valence-electron chi connectivity index (χ4n) is 2.33. The molecule has 1 aromatic rings. The second kappa shape index (κ2) is 7.78. The highest BCUT2D eigenvalue weighted by atomic mass is 32.1. The van der Waals surface area contributed by atoms with Gasteiger partial charge in [0, 0.05) is 5.70 Å². The molecule has 2 rings (SSSR count). The summed E-state index contributed by atoms with van der Waals surface area (Å²) in [5.74, 6) is -0.448. The molecule has 1 heterocycles. The summed E-state index contributed by atoms with van der Waals surface area (Å²) in [4.78, 5) is 23.0. The van der Waals surface area contributed by atoms with Crippen LogP contribution in [-0.4, -0.2) is 30.2 Å². The van der Waals surface area contributed by atoms with Gasteiger partial charge in [-0.15, -0.1) is 0 Å². The second-order valence-electron chi connectivity index (χ2n) is 5.11. The number of esters is 1. The Kier molecular flexibility index (Phi) is 5.75. The van der Waals surface area contributed by atoms with E-state index in [1.807, 2.05) is 0 Å². The lowest BCUT2D eigenvalue weighted by Crippen LogP contribution is -2.45. The maximum atomic E-state index is 12.3. The van der Waals surface area contributed by atoms with E-state index < -0.39 is 17.9 Å². The van der Waals surface area contributed by atoms with E-state index in [0.29, 0.717) is 22.1 Å². The fourth-order valence-corrected chi connectivity index (χ4v) is 2.61. The smallest absolute Gasteiger partial charge is 0.338 e. The maximum absolute atomic E-state index is 12.3. The SMILES string of the molecule is CCOC(=O)C1=C(C)NC(=S)N[C@@H]1c1ccc(OCC(N)=O)cc1. The number of amides is 1. The first-order valence-corrected chi connectivity index (χ1v) is 7.79. The molecule has 0 unspecified atom stereocenters. The summed E-state index contributed by atoms with van der Waals surface area (Å²) in [5, 5.41) is 6.43. The van der Waals surface area contributed by atoms with Crippen molar-refractivity contribution in [1.82, 2.24) is 10.6 Å². The van der Waals surface area contributed by atoms with Crippen LogP contribution >= 0.6 is 12.2 Å². The summed E-state index contributed by atoms with van der Waals surface area (Å²) >= 11 is 5.18. The molecule has 4 N–H and O–H groups in total. The standard InChI is InChI=1S/C16H19N3O4S/c1-3-22-15(21)13-9(2)18-16(24)19-14(13)10-4-6-11(7-5-10)23-8-12(17)20/h4-7,14H,3,8H2,1-2H3,(H2,17,20)(H2,18,19,24)/t14-/m1/s1. The summed E-state index contributed by atoms with van der Waals surface area (Å²) in [6, 6.07) is 6.54. The lowest BCUT2D eigenvalue weighted by atomic mass is 9.95. The van der Waals surface area contributed by atoms with E-state index in [0.717, 1.165) is 5.56 Å². The van der Waals surface area contributed by atoms with Crippen molar-refractivity contribution in [2.75, 3.05) is 13.2 Å².